The Morgan fingerprint density at radius 1 is 1.35 bits per heavy atom. The molecule has 0 aliphatic heterocycles. The van der Waals surface area contributed by atoms with Gasteiger partial charge in [0.25, 0.3) is 0 Å². The third-order valence-electron chi connectivity index (χ3n) is 2.04. The number of primary amides is 1. The number of nitrogens with one attached hydrogen (secondary N) is 1. The van der Waals surface area contributed by atoms with Crippen molar-refractivity contribution in [3.05, 3.63) is 0 Å². The van der Waals surface area contributed by atoms with E-state index in [4.69, 9.17) is 11.5 Å². The molecule has 0 aromatic heterocycles. The van der Waals surface area contributed by atoms with Gasteiger partial charge < -0.3 is 16.8 Å². The number of hydrogen-bond donors (Lipinski definition) is 3. The summed E-state index contributed by atoms with van der Waals surface area (Å²) in [6, 6.07) is -0.849. The molecule has 8 heteroatoms. The molecule has 0 heterocycles. The zero-order chi connectivity index (χ0) is 13.5. The molecular formula is C9H19N3O4S. The number of rotatable bonds is 8. The number of carbonyl (C=O) groups is 2. The molecular weight excluding hydrogens is 246 g/mol. The van der Waals surface area contributed by atoms with Crippen molar-refractivity contribution in [3.63, 3.8) is 0 Å². The largest absolute Gasteiger partial charge is 0.370 e. The van der Waals surface area contributed by atoms with Gasteiger partial charge in [0.2, 0.25) is 11.8 Å². The second kappa shape index (κ2) is 7.23. The number of sulfone groups is 1. The van der Waals surface area contributed by atoms with E-state index in [0.717, 1.165) is 6.26 Å². The van der Waals surface area contributed by atoms with E-state index < -0.39 is 27.7 Å². The van der Waals surface area contributed by atoms with Crippen molar-refractivity contribution in [1.29, 1.82) is 0 Å². The average Bonchev–Trinajstić information content (AvgIpc) is 2.19. The monoisotopic (exact) mass is 265 g/mol. The van der Waals surface area contributed by atoms with Gasteiger partial charge in [0, 0.05) is 19.2 Å². The minimum absolute atomic E-state index is 0.0838. The van der Waals surface area contributed by atoms with Crippen LogP contribution in [0.2, 0.25) is 0 Å². The summed E-state index contributed by atoms with van der Waals surface area (Å²) in [4.78, 5) is 21.8. The smallest absolute Gasteiger partial charge is 0.236 e. The molecule has 0 rings (SSSR count). The highest BCUT2D eigenvalue weighted by atomic mass is 32.2. The summed E-state index contributed by atoms with van der Waals surface area (Å²) in [5, 5.41) is 2.51. The number of hydrogen-bond acceptors (Lipinski definition) is 5. The SMILES string of the molecule is CS(=O)(=O)CCC(N)C(=O)NCCCC(N)=O. The van der Waals surface area contributed by atoms with Gasteiger partial charge in [-0.15, -0.1) is 0 Å². The van der Waals surface area contributed by atoms with E-state index in [0.29, 0.717) is 13.0 Å². The van der Waals surface area contributed by atoms with Crippen LogP contribution in [-0.4, -0.2) is 44.8 Å². The van der Waals surface area contributed by atoms with Gasteiger partial charge in [-0.05, 0) is 12.8 Å². The second-order valence-electron chi connectivity index (χ2n) is 3.89. The molecule has 0 aromatic carbocycles. The van der Waals surface area contributed by atoms with E-state index in [-0.39, 0.29) is 18.6 Å². The standard InChI is InChI=1S/C9H19N3O4S/c1-17(15,16)6-4-7(10)9(14)12-5-2-3-8(11)13/h7H,2-6,10H2,1H3,(H2,11,13)(H,12,14). The Balaban J connectivity index is 3.79. The Morgan fingerprint density at radius 3 is 2.41 bits per heavy atom. The predicted octanol–water partition coefficient (Wildman–Crippen LogP) is -1.87. The van der Waals surface area contributed by atoms with Gasteiger partial charge in [0.05, 0.1) is 11.8 Å². The highest BCUT2D eigenvalue weighted by Gasteiger charge is 2.15. The molecule has 17 heavy (non-hydrogen) atoms. The zero-order valence-electron chi connectivity index (χ0n) is 9.81. The number of amides is 2. The van der Waals surface area contributed by atoms with Gasteiger partial charge in [-0.25, -0.2) is 8.42 Å². The summed E-state index contributed by atoms with van der Waals surface area (Å²) in [5.74, 6) is -0.971. The normalized spacial score (nSPS) is 13.1. The van der Waals surface area contributed by atoms with Gasteiger partial charge in [-0.3, -0.25) is 9.59 Å². The maximum absolute atomic E-state index is 11.4. The van der Waals surface area contributed by atoms with Crippen molar-refractivity contribution in [3.8, 4) is 0 Å². The van der Waals surface area contributed by atoms with Crippen molar-refractivity contribution in [2.45, 2.75) is 25.3 Å². The van der Waals surface area contributed by atoms with Crippen LogP contribution in [0.15, 0.2) is 0 Å². The van der Waals surface area contributed by atoms with Gasteiger partial charge in [0.1, 0.15) is 9.84 Å². The lowest BCUT2D eigenvalue weighted by molar-refractivity contribution is -0.123. The fourth-order valence-corrected chi connectivity index (χ4v) is 1.76. The van der Waals surface area contributed by atoms with Crippen LogP contribution in [0, 0.1) is 0 Å². The first-order valence-electron chi connectivity index (χ1n) is 5.21. The molecule has 0 spiro atoms. The third kappa shape index (κ3) is 9.76. The zero-order valence-corrected chi connectivity index (χ0v) is 10.6. The number of carbonyl (C=O) groups excluding carboxylic acids is 2. The Labute approximate surface area is 101 Å². The van der Waals surface area contributed by atoms with Crippen LogP contribution in [0.3, 0.4) is 0 Å². The number of nitrogens with two attached hydrogens (primary N) is 2. The highest BCUT2D eigenvalue weighted by molar-refractivity contribution is 7.90. The maximum Gasteiger partial charge on any atom is 0.236 e. The van der Waals surface area contributed by atoms with E-state index in [9.17, 15) is 18.0 Å². The summed E-state index contributed by atoms with van der Waals surface area (Å²) in [5.41, 5.74) is 10.4. The summed E-state index contributed by atoms with van der Waals surface area (Å²) in [6.45, 7) is 0.300. The van der Waals surface area contributed by atoms with Crippen LogP contribution in [-0.2, 0) is 19.4 Å². The van der Waals surface area contributed by atoms with Crippen molar-refractivity contribution < 1.29 is 18.0 Å². The Morgan fingerprint density at radius 2 is 1.94 bits per heavy atom. The van der Waals surface area contributed by atoms with Gasteiger partial charge in [0.15, 0.2) is 0 Å². The third-order valence-corrected chi connectivity index (χ3v) is 3.01. The first-order chi connectivity index (χ1) is 7.72. The van der Waals surface area contributed by atoms with Crippen LogP contribution in [0.25, 0.3) is 0 Å². The van der Waals surface area contributed by atoms with Crippen LogP contribution in [0.1, 0.15) is 19.3 Å². The molecule has 0 aliphatic rings. The second-order valence-corrected chi connectivity index (χ2v) is 6.15. The molecule has 0 aromatic rings. The summed E-state index contributed by atoms with van der Waals surface area (Å²) >= 11 is 0. The lowest BCUT2D eigenvalue weighted by Gasteiger charge is -2.11. The lowest BCUT2D eigenvalue weighted by Crippen LogP contribution is -2.42. The highest BCUT2D eigenvalue weighted by Crippen LogP contribution is 1.94. The quantitative estimate of drug-likeness (QED) is 0.442. The molecule has 100 valence electrons. The summed E-state index contributed by atoms with van der Waals surface area (Å²) in [7, 11) is -3.11. The molecule has 1 atom stereocenters. The molecule has 0 aliphatic carbocycles. The Bertz CT molecular complexity index is 366. The fourth-order valence-electron chi connectivity index (χ4n) is 1.08. The molecule has 1 unspecified atom stereocenters. The Hall–Kier alpha value is -1.15. The topological polar surface area (TPSA) is 132 Å². The van der Waals surface area contributed by atoms with Crippen LogP contribution >= 0.6 is 0 Å². The molecule has 7 nitrogen and oxygen atoms in total. The van der Waals surface area contributed by atoms with Crippen LogP contribution in [0.4, 0.5) is 0 Å². The predicted molar refractivity (Wildman–Crippen MR) is 63.7 cm³/mol. The van der Waals surface area contributed by atoms with E-state index in [1.807, 2.05) is 0 Å². The van der Waals surface area contributed by atoms with Crippen molar-refractivity contribution >= 4 is 21.7 Å². The van der Waals surface area contributed by atoms with E-state index in [1.54, 1.807) is 0 Å². The Kier molecular flexibility index (Phi) is 6.74. The van der Waals surface area contributed by atoms with Crippen LogP contribution < -0.4 is 16.8 Å². The van der Waals surface area contributed by atoms with E-state index in [1.165, 1.54) is 0 Å². The fraction of sp³-hybridized carbons (Fsp3) is 0.778. The minimum Gasteiger partial charge on any atom is -0.370 e. The molecule has 0 bridgehead atoms. The first kappa shape index (κ1) is 15.9. The maximum atomic E-state index is 11.4. The van der Waals surface area contributed by atoms with E-state index >= 15 is 0 Å². The molecule has 0 fully saturated rings. The molecule has 0 saturated heterocycles. The van der Waals surface area contributed by atoms with Gasteiger partial charge in [-0.1, -0.05) is 0 Å². The lowest BCUT2D eigenvalue weighted by atomic mass is 10.2. The van der Waals surface area contributed by atoms with Gasteiger partial charge >= 0.3 is 0 Å². The molecule has 2 amide bonds. The first-order valence-corrected chi connectivity index (χ1v) is 7.28. The average molecular weight is 265 g/mol. The molecule has 0 saturated carbocycles. The molecule has 5 N–H and O–H groups in total. The van der Waals surface area contributed by atoms with Crippen molar-refractivity contribution in [2.24, 2.45) is 11.5 Å². The van der Waals surface area contributed by atoms with Crippen molar-refractivity contribution in [2.75, 3.05) is 18.6 Å². The molecule has 0 radical (unpaired) electrons. The van der Waals surface area contributed by atoms with Crippen LogP contribution in [0.5, 0.6) is 0 Å². The minimum atomic E-state index is -3.11. The summed E-state index contributed by atoms with van der Waals surface area (Å²) in [6.07, 6.45) is 1.81. The summed E-state index contributed by atoms with van der Waals surface area (Å²) < 4.78 is 21.7. The van der Waals surface area contributed by atoms with Gasteiger partial charge in [-0.2, -0.15) is 0 Å². The van der Waals surface area contributed by atoms with E-state index in [2.05, 4.69) is 5.32 Å². The van der Waals surface area contributed by atoms with Crippen molar-refractivity contribution in [1.82, 2.24) is 5.32 Å².